The van der Waals surface area contributed by atoms with E-state index in [4.69, 9.17) is 11.6 Å². The van der Waals surface area contributed by atoms with E-state index in [0.717, 1.165) is 21.6 Å². The number of hydrazone groups is 1. The molecule has 0 radical (unpaired) electrons. The van der Waals surface area contributed by atoms with Gasteiger partial charge in [0, 0.05) is 12.1 Å². The second kappa shape index (κ2) is 10.9. The van der Waals surface area contributed by atoms with Crippen molar-refractivity contribution in [1.82, 2.24) is 9.73 Å². The summed E-state index contributed by atoms with van der Waals surface area (Å²) in [5, 5.41) is 3.89. The molecule has 0 spiro atoms. The predicted molar refractivity (Wildman–Crippen MR) is 132 cm³/mol. The van der Waals surface area contributed by atoms with Gasteiger partial charge >= 0.3 is 0 Å². The summed E-state index contributed by atoms with van der Waals surface area (Å²) in [6.07, 6.45) is 1.08. The number of halogens is 2. The first kappa shape index (κ1) is 25.6. The van der Waals surface area contributed by atoms with Crippen molar-refractivity contribution in [3.05, 3.63) is 99.3 Å². The van der Waals surface area contributed by atoms with E-state index in [1.807, 2.05) is 13.0 Å². The summed E-state index contributed by atoms with van der Waals surface area (Å²) < 4.78 is 42.3. The summed E-state index contributed by atoms with van der Waals surface area (Å²) in [5.74, 6) is -1.27. The molecule has 6 nitrogen and oxygen atoms in total. The maximum Gasteiger partial charge on any atom is 0.255 e. The number of benzene rings is 3. The molecule has 178 valence electrons. The monoisotopic (exact) mass is 501 g/mol. The fourth-order valence-electron chi connectivity index (χ4n) is 3.71. The Balaban J connectivity index is 1.88. The van der Waals surface area contributed by atoms with Crippen molar-refractivity contribution in [2.75, 3.05) is 6.54 Å². The molecule has 0 saturated carbocycles. The molecule has 0 aliphatic carbocycles. The third-order valence-corrected chi connectivity index (χ3v) is 7.53. The number of carbonyl (C=O) groups excluding carboxylic acids is 1. The van der Waals surface area contributed by atoms with E-state index in [2.05, 4.69) is 10.5 Å². The summed E-state index contributed by atoms with van der Waals surface area (Å²) >= 11 is 5.96. The van der Waals surface area contributed by atoms with Crippen molar-refractivity contribution in [1.29, 1.82) is 0 Å². The lowest BCUT2D eigenvalue weighted by atomic mass is 10.1. The van der Waals surface area contributed by atoms with Crippen LogP contribution in [0.25, 0.3) is 0 Å². The van der Waals surface area contributed by atoms with Crippen LogP contribution in [-0.4, -0.2) is 31.4 Å². The van der Waals surface area contributed by atoms with E-state index in [-0.39, 0.29) is 22.0 Å². The Labute approximate surface area is 204 Å². The number of carbonyl (C=O) groups is 1. The van der Waals surface area contributed by atoms with Crippen LogP contribution in [0.5, 0.6) is 0 Å². The van der Waals surface area contributed by atoms with Gasteiger partial charge in [0.1, 0.15) is 5.82 Å². The van der Waals surface area contributed by atoms with Gasteiger partial charge in [-0.2, -0.15) is 9.41 Å². The van der Waals surface area contributed by atoms with Crippen molar-refractivity contribution < 1.29 is 17.6 Å². The van der Waals surface area contributed by atoms with Crippen molar-refractivity contribution >= 4 is 33.7 Å². The topological polar surface area (TPSA) is 78.8 Å². The van der Waals surface area contributed by atoms with E-state index in [1.54, 1.807) is 50.2 Å². The minimum Gasteiger partial charge on any atom is -0.272 e. The summed E-state index contributed by atoms with van der Waals surface area (Å²) in [6, 6.07) is 16.7. The minimum absolute atomic E-state index is 0.00773. The molecule has 3 aromatic carbocycles. The third kappa shape index (κ3) is 6.08. The van der Waals surface area contributed by atoms with Gasteiger partial charge in [-0.05, 0) is 49.6 Å². The normalized spacial score (nSPS) is 11.8. The second-order valence-electron chi connectivity index (χ2n) is 7.92. The molecule has 0 unspecified atom stereocenters. The third-order valence-electron chi connectivity index (χ3n) is 5.11. The molecule has 9 heteroatoms. The smallest absolute Gasteiger partial charge is 0.255 e. The molecular weight excluding hydrogens is 477 g/mol. The molecule has 0 saturated heterocycles. The Morgan fingerprint density at radius 2 is 1.71 bits per heavy atom. The Hall–Kier alpha value is -3.07. The van der Waals surface area contributed by atoms with E-state index in [0.29, 0.717) is 11.1 Å². The van der Waals surface area contributed by atoms with Crippen LogP contribution in [0.1, 0.15) is 27.8 Å². The number of hydrogen-bond acceptors (Lipinski definition) is 4. The Morgan fingerprint density at radius 1 is 1.06 bits per heavy atom. The number of sulfonamides is 1. The predicted octanol–water partition coefficient (Wildman–Crippen LogP) is 4.75. The summed E-state index contributed by atoms with van der Waals surface area (Å²) in [4.78, 5) is 12.8. The molecule has 0 aliphatic rings. The van der Waals surface area contributed by atoms with Crippen molar-refractivity contribution in [2.24, 2.45) is 5.10 Å². The summed E-state index contributed by atoms with van der Waals surface area (Å²) in [5.41, 5.74) is 5.15. The zero-order valence-corrected chi connectivity index (χ0v) is 20.6. The van der Waals surface area contributed by atoms with E-state index < -0.39 is 28.3 Å². The molecule has 34 heavy (non-hydrogen) atoms. The molecule has 1 N–H and O–H groups in total. The average Bonchev–Trinajstić information content (AvgIpc) is 2.75. The van der Waals surface area contributed by atoms with Crippen molar-refractivity contribution in [3.63, 3.8) is 0 Å². The molecule has 0 atom stereocenters. The largest absolute Gasteiger partial charge is 0.272 e. The van der Waals surface area contributed by atoms with E-state index in [1.165, 1.54) is 18.2 Å². The zero-order chi connectivity index (χ0) is 24.9. The van der Waals surface area contributed by atoms with Gasteiger partial charge in [-0.25, -0.2) is 18.2 Å². The molecule has 1 amide bonds. The molecule has 0 aliphatic heterocycles. The highest BCUT2D eigenvalue weighted by Gasteiger charge is 2.30. The van der Waals surface area contributed by atoms with Crippen LogP contribution >= 0.6 is 11.6 Å². The van der Waals surface area contributed by atoms with Gasteiger partial charge in [0.2, 0.25) is 10.0 Å². The highest BCUT2D eigenvalue weighted by atomic mass is 35.5. The minimum atomic E-state index is -4.02. The van der Waals surface area contributed by atoms with Crippen LogP contribution < -0.4 is 5.43 Å². The van der Waals surface area contributed by atoms with Crippen molar-refractivity contribution in [2.45, 2.75) is 32.2 Å². The number of amides is 1. The number of nitrogens with zero attached hydrogens (tertiary/aromatic N) is 2. The zero-order valence-electron chi connectivity index (χ0n) is 19.0. The Morgan fingerprint density at radius 3 is 2.32 bits per heavy atom. The van der Waals surface area contributed by atoms with Gasteiger partial charge in [-0.15, -0.1) is 0 Å². The lowest BCUT2D eigenvalue weighted by Crippen LogP contribution is -2.39. The molecule has 0 bridgehead atoms. The molecule has 3 aromatic rings. The van der Waals surface area contributed by atoms with E-state index in [9.17, 15) is 17.6 Å². The second-order valence-corrected chi connectivity index (χ2v) is 10.2. The molecule has 0 aromatic heterocycles. The fourth-order valence-corrected chi connectivity index (χ4v) is 5.72. The first-order chi connectivity index (χ1) is 16.1. The Bertz CT molecular complexity index is 1290. The standard InChI is InChI=1S/C25H25ClFN3O3S/c1-17-12-18(2)25(19(3)13-17)34(32,33)30(15-20-8-5-4-6-9-20)16-24(31)29-28-14-21-22(26)10-7-11-23(21)27/h4-14H,15-16H2,1-3H3,(H,29,31)/b28-14-. The van der Waals surface area contributed by atoms with Crippen molar-refractivity contribution in [3.8, 4) is 0 Å². The lowest BCUT2D eigenvalue weighted by molar-refractivity contribution is -0.121. The highest BCUT2D eigenvalue weighted by molar-refractivity contribution is 7.89. The number of nitrogens with one attached hydrogen (secondary N) is 1. The first-order valence-corrected chi connectivity index (χ1v) is 12.3. The number of hydrogen-bond donors (Lipinski definition) is 1. The van der Waals surface area contributed by atoms with Gasteiger partial charge in [-0.3, -0.25) is 4.79 Å². The van der Waals surface area contributed by atoms with Crippen LogP contribution in [-0.2, 0) is 21.4 Å². The van der Waals surface area contributed by atoms with Crippen LogP contribution in [0.4, 0.5) is 4.39 Å². The maximum absolute atomic E-state index is 13.9. The average molecular weight is 502 g/mol. The van der Waals surface area contributed by atoms with Crippen LogP contribution in [0, 0.1) is 26.6 Å². The number of aryl methyl sites for hydroxylation is 3. The highest BCUT2D eigenvalue weighted by Crippen LogP contribution is 2.26. The van der Waals surface area contributed by atoms with Gasteiger partial charge in [0.15, 0.2) is 0 Å². The maximum atomic E-state index is 13.9. The molecular formula is C25H25ClFN3O3S. The van der Waals surface area contributed by atoms with Gasteiger partial charge in [0.25, 0.3) is 5.91 Å². The van der Waals surface area contributed by atoms with Crippen LogP contribution in [0.15, 0.2) is 70.7 Å². The summed E-state index contributed by atoms with van der Waals surface area (Å²) in [6.45, 7) is 4.87. The first-order valence-electron chi connectivity index (χ1n) is 10.5. The quantitative estimate of drug-likeness (QED) is 0.357. The fraction of sp³-hybridized carbons (Fsp3) is 0.200. The SMILES string of the molecule is Cc1cc(C)c(S(=O)(=O)N(CC(=O)N/N=C\c2c(F)cccc2Cl)Cc2ccccc2)c(C)c1. The van der Waals surface area contributed by atoms with Crippen LogP contribution in [0.2, 0.25) is 5.02 Å². The lowest BCUT2D eigenvalue weighted by Gasteiger charge is -2.24. The van der Waals surface area contributed by atoms with E-state index >= 15 is 0 Å². The number of rotatable bonds is 8. The molecule has 0 fully saturated rings. The Kier molecular flexibility index (Phi) is 8.19. The molecule has 3 rings (SSSR count). The summed E-state index contributed by atoms with van der Waals surface area (Å²) in [7, 11) is -4.02. The molecule has 0 heterocycles. The van der Waals surface area contributed by atoms with Gasteiger partial charge < -0.3 is 0 Å². The van der Waals surface area contributed by atoms with Gasteiger partial charge in [-0.1, -0.05) is 65.7 Å². The van der Waals surface area contributed by atoms with Gasteiger partial charge in [0.05, 0.1) is 22.7 Å². The van der Waals surface area contributed by atoms with Crippen LogP contribution in [0.3, 0.4) is 0 Å².